The lowest BCUT2D eigenvalue weighted by atomic mass is 9.86. The van der Waals surface area contributed by atoms with Gasteiger partial charge in [0.25, 0.3) is 5.69 Å². The fraction of sp³-hybridized carbons (Fsp3) is 0.308. The molecule has 0 saturated heterocycles. The molecule has 0 spiro atoms. The van der Waals surface area contributed by atoms with Crippen molar-refractivity contribution in [2.45, 2.75) is 20.8 Å². The number of aromatic amines is 1. The molecule has 0 fully saturated rings. The number of ketones is 1. The number of nitro benzene ring substituents is 1. The number of nitrogens with one attached hydrogen (secondary N) is 1. The van der Waals surface area contributed by atoms with Gasteiger partial charge in [-0.25, -0.2) is 0 Å². The van der Waals surface area contributed by atoms with E-state index in [0.717, 1.165) is 0 Å². The second-order valence-electron chi connectivity index (χ2n) is 5.24. The van der Waals surface area contributed by atoms with E-state index in [4.69, 9.17) is 0 Å². The SMILES string of the molecule is CC(C)(C)C(=O)c1c[nH]c2cccc([N+](=O)[O-])c12. The number of nitro groups is 1. The molecule has 0 saturated carbocycles. The summed E-state index contributed by atoms with van der Waals surface area (Å²) in [6.07, 6.45) is 1.55. The van der Waals surface area contributed by atoms with Crippen LogP contribution in [0.1, 0.15) is 31.1 Å². The number of carbonyl (C=O) groups is 1. The van der Waals surface area contributed by atoms with Gasteiger partial charge in [0, 0.05) is 17.7 Å². The summed E-state index contributed by atoms with van der Waals surface area (Å²) in [5.41, 5.74) is 0.377. The Hall–Kier alpha value is -2.17. The van der Waals surface area contributed by atoms with Crippen molar-refractivity contribution in [2.24, 2.45) is 5.41 Å². The van der Waals surface area contributed by atoms with Gasteiger partial charge in [-0.15, -0.1) is 0 Å². The minimum absolute atomic E-state index is 0.0404. The smallest absolute Gasteiger partial charge is 0.279 e. The Bertz CT molecular complexity index is 635. The van der Waals surface area contributed by atoms with Gasteiger partial charge >= 0.3 is 0 Å². The number of carbonyl (C=O) groups excluding carboxylic acids is 1. The van der Waals surface area contributed by atoms with E-state index in [2.05, 4.69) is 4.98 Å². The van der Waals surface area contributed by atoms with Crippen LogP contribution >= 0.6 is 0 Å². The van der Waals surface area contributed by atoms with Gasteiger partial charge in [-0.05, 0) is 6.07 Å². The molecule has 1 N–H and O–H groups in total. The van der Waals surface area contributed by atoms with Crippen molar-refractivity contribution in [3.05, 3.63) is 40.1 Å². The molecule has 0 unspecified atom stereocenters. The Kier molecular flexibility index (Phi) is 2.69. The Labute approximate surface area is 104 Å². The van der Waals surface area contributed by atoms with Crippen molar-refractivity contribution in [3.8, 4) is 0 Å². The van der Waals surface area contributed by atoms with Gasteiger partial charge in [0.15, 0.2) is 5.78 Å². The lowest BCUT2D eigenvalue weighted by Gasteiger charge is -2.15. The van der Waals surface area contributed by atoms with Crippen molar-refractivity contribution < 1.29 is 9.72 Å². The Morgan fingerprint density at radius 1 is 1.33 bits per heavy atom. The first-order chi connectivity index (χ1) is 8.32. The number of hydrogen-bond donors (Lipinski definition) is 1. The maximum atomic E-state index is 12.3. The molecule has 0 amide bonds. The summed E-state index contributed by atoms with van der Waals surface area (Å²) in [6.45, 7) is 5.38. The molecule has 1 heterocycles. The highest BCUT2D eigenvalue weighted by atomic mass is 16.6. The van der Waals surface area contributed by atoms with Crippen LogP contribution in [0.3, 0.4) is 0 Å². The highest BCUT2D eigenvalue weighted by Crippen LogP contribution is 2.32. The zero-order valence-electron chi connectivity index (χ0n) is 10.5. The van der Waals surface area contributed by atoms with Gasteiger partial charge in [-0.3, -0.25) is 14.9 Å². The van der Waals surface area contributed by atoms with Gasteiger partial charge in [-0.2, -0.15) is 0 Å². The lowest BCUT2D eigenvalue weighted by molar-refractivity contribution is -0.383. The maximum absolute atomic E-state index is 12.3. The van der Waals surface area contributed by atoms with Gasteiger partial charge in [-0.1, -0.05) is 26.8 Å². The second kappa shape index (κ2) is 3.94. The van der Waals surface area contributed by atoms with Gasteiger partial charge in [0.1, 0.15) is 0 Å². The number of fused-ring (bicyclic) bond motifs is 1. The molecule has 0 atom stereocenters. The summed E-state index contributed by atoms with van der Waals surface area (Å²) < 4.78 is 0. The summed E-state index contributed by atoms with van der Waals surface area (Å²) in [4.78, 5) is 25.7. The molecule has 18 heavy (non-hydrogen) atoms. The number of Topliss-reactive ketones (excluding diaryl/α,β-unsaturated/α-hetero) is 1. The second-order valence-corrected chi connectivity index (χ2v) is 5.24. The summed E-state index contributed by atoms with van der Waals surface area (Å²) in [7, 11) is 0. The zero-order chi connectivity index (χ0) is 13.5. The van der Waals surface area contributed by atoms with Gasteiger partial charge < -0.3 is 4.98 Å². The van der Waals surface area contributed by atoms with E-state index >= 15 is 0 Å². The van der Waals surface area contributed by atoms with Crippen LogP contribution in [-0.2, 0) is 0 Å². The summed E-state index contributed by atoms with van der Waals surface area (Å²) in [6, 6.07) is 4.74. The van der Waals surface area contributed by atoms with Crippen LogP contribution in [0.2, 0.25) is 0 Å². The number of rotatable bonds is 2. The predicted octanol–water partition coefficient (Wildman–Crippen LogP) is 3.30. The van der Waals surface area contributed by atoms with Crippen LogP contribution < -0.4 is 0 Å². The first kappa shape index (κ1) is 12.3. The van der Waals surface area contributed by atoms with Gasteiger partial charge in [0.2, 0.25) is 0 Å². The van der Waals surface area contributed by atoms with E-state index in [-0.39, 0.29) is 11.5 Å². The van der Waals surface area contributed by atoms with E-state index in [9.17, 15) is 14.9 Å². The molecule has 94 valence electrons. The Balaban J connectivity index is 2.74. The van der Waals surface area contributed by atoms with Crippen LogP contribution in [0, 0.1) is 15.5 Å². The minimum Gasteiger partial charge on any atom is -0.360 e. The first-order valence-corrected chi connectivity index (χ1v) is 5.61. The zero-order valence-corrected chi connectivity index (χ0v) is 10.5. The molecule has 2 rings (SSSR count). The summed E-state index contributed by atoms with van der Waals surface area (Å²) in [5, 5.41) is 11.4. The third-order valence-electron chi connectivity index (χ3n) is 2.81. The fourth-order valence-electron chi connectivity index (χ4n) is 1.90. The average molecular weight is 246 g/mol. The normalized spacial score (nSPS) is 11.7. The standard InChI is InChI=1S/C13H14N2O3/c1-13(2,3)12(16)8-7-14-9-5-4-6-10(11(8)9)15(17)18/h4-7,14H,1-3H3. The molecular weight excluding hydrogens is 232 g/mol. The molecule has 0 bridgehead atoms. The third-order valence-corrected chi connectivity index (χ3v) is 2.81. The molecule has 5 nitrogen and oxygen atoms in total. The molecule has 5 heteroatoms. The number of aromatic nitrogens is 1. The summed E-state index contributed by atoms with van der Waals surface area (Å²) in [5.74, 6) is -0.108. The Morgan fingerprint density at radius 3 is 2.56 bits per heavy atom. The maximum Gasteiger partial charge on any atom is 0.279 e. The Morgan fingerprint density at radius 2 is 2.00 bits per heavy atom. The van der Waals surface area contributed by atoms with E-state index in [1.165, 1.54) is 6.07 Å². The van der Waals surface area contributed by atoms with Crippen LogP contribution in [0.15, 0.2) is 24.4 Å². The number of nitrogens with zero attached hydrogens (tertiary/aromatic N) is 1. The van der Waals surface area contributed by atoms with Gasteiger partial charge in [0.05, 0.1) is 21.4 Å². The molecule has 0 aliphatic rings. The number of hydrogen-bond acceptors (Lipinski definition) is 3. The molecule has 1 aromatic carbocycles. The molecule has 0 radical (unpaired) electrons. The predicted molar refractivity (Wildman–Crippen MR) is 68.7 cm³/mol. The van der Waals surface area contributed by atoms with E-state index < -0.39 is 10.3 Å². The van der Waals surface area contributed by atoms with Crippen molar-refractivity contribution in [3.63, 3.8) is 0 Å². The minimum atomic E-state index is -0.571. The van der Waals surface area contributed by atoms with E-state index in [1.54, 1.807) is 39.1 Å². The van der Waals surface area contributed by atoms with Crippen LogP contribution in [-0.4, -0.2) is 15.7 Å². The van der Waals surface area contributed by atoms with Crippen molar-refractivity contribution >= 4 is 22.4 Å². The first-order valence-electron chi connectivity index (χ1n) is 5.61. The quantitative estimate of drug-likeness (QED) is 0.501. The third kappa shape index (κ3) is 1.88. The van der Waals surface area contributed by atoms with Crippen molar-refractivity contribution in [2.75, 3.05) is 0 Å². The number of non-ortho nitro benzene ring substituents is 1. The monoisotopic (exact) mass is 246 g/mol. The average Bonchev–Trinajstić information content (AvgIpc) is 2.69. The molecule has 2 aromatic rings. The summed E-state index contributed by atoms with van der Waals surface area (Å²) >= 11 is 0. The van der Waals surface area contributed by atoms with E-state index in [0.29, 0.717) is 16.5 Å². The lowest BCUT2D eigenvalue weighted by Crippen LogP contribution is -2.19. The highest BCUT2D eigenvalue weighted by molar-refractivity contribution is 6.12. The molecule has 0 aliphatic carbocycles. The highest BCUT2D eigenvalue weighted by Gasteiger charge is 2.28. The largest absolute Gasteiger partial charge is 0.360 e. The van der Waals surface area contributed by atoms with Crippen molar-refractivity contribution in [1.29, 1.82) is 0 Å². The van der Waals surface area contributed by atoms with Crippen LogP contribution in [0.5, 0.6) is 0 Å². The van der Waals surface area contributed by atoms with E-state index in [1.807, 2.05) is 0 Å². The number of benzene rings is 1. The van der Waals surface area contributed by atoms with Crippen LogP contribution in [0.4, 0.5) is 5.69 Å². The topological polar surface area (TPSA) is 76.0 Å². The van der Waals surface area contributed by atoms with Crippen molar-refractivity contribution in [1.82, 2.24) is 4.98 Å². The van der Waals surface area contributed by atoms with Crippen LogP contribution in [0.25, 0.3) is 10.9 Å². The molecule has 0 aliphatic heterocycles. The molecule has 1 aromatic heterocycles. The molecular formula is C13H14N2O3. The number of H-pyrrole nitrogens is 1. The fourth-order valence-corrected chi connectivity index (χ4v) is 1.90.